The van der Waals surface area contributed by atoms with Crippen LogP contribution in [0.25, 0.3) is 11.5 Å². The summed E-state index contributed by atoms with van der Waals surface area (Å²) in [5.74, 6) is 1.03. The quantitative estimate of drug-likeness (QED) is 0.694. The molecule has 0 aliphatic carbocycles. The van der Waals surface area contributed by atoms with Gasteiger partial charge in [0.15, 0.2) is 0 Å². The van der Waals surface area contributed by atoms with Crippen LogP contribution in [0.5, 0.6) is 0 Å². The second-order valence-corrected chi connectivity index (χ2v) is 8.03. The van der Waals surface area contributed by atoms with E-state index in [0.717, 1.165) is 31.2 Å². The lowest BCUT2D eigenvalue weighted by molar-refractivity contribution is 0.0570. The van der Waals surface area contributed by atoms with Crippen LogP contribution in [0.1, 0.15) is 52.6 Å². The molecule has 1 saturated heterocycles. The molecule has 2 aromatic heterocycles. The Kier molecular flexibility index (Phi) is 4.36. The van der Waals surface area contributed by atoms with Gasteiger partial charge in [-0.15, -0.1) is 0 Å². The van der Waals surface area contributed by atoms with E-state index in [9.17, 15) is 4.79 Å². The molecule has 1 fully saturated rings. The average Bonchev–Trinajstić information content (AvgIpc) is 3.38. The number of aromatic nitrogens is 3. The number of aryl methyl sites for hydroxylation is 1. The van der Waals surface area contributed by atoms with Gasteiger partial charge in [-0.3, -0.25) is 4.79 Å². The number of hydrogen-bond acceptors (Lipinski definition) is 5. The lowest BCUT2D eigenvalue weighted by atomic mass is 9.90. The predicted octanol–water partition coefficient (Wildman–Crippen LogP) is 3.92. The summed E-state index contributed by atoms with van der Waals surface area (Å²) in [6.45, 7) is 0.552. The Hall–Kier alpha value is -3.11. The van der Waals surface area contributed by atoms with Crippen LogP contribution < -0.4 is 0 Å². The fraction of sp³-hybridized carbons (Fsp3) is 0.333. The highest BCUT2D eigenvalue weighted by Gasteiger charge is 2.37. The molecular formula is C21H18ClN5O2. The standard InChI is InChI=1S/C21H18ClN5O2/c22-15-8-18(24-10-15)19-25-20(29-26-19)14-3-5-16-4-2-13-7-12(9-23)1-6-17(13)21(28)27(16)11-14/h1,6-8,10,14,16,24H,2-5,11H2/t14-,16-/m0/s1. The molecule has 4 heterocycles. The Balaban J connectivity index is 1.40. The number of hydrogen-bond donors (Lipinski definition) is 1. The molecule has 2 aliphatic rings. The molecule has 0 radical (unpaired) electrons. The van der Waals surface area contributed by atoms with E-state index in [1.807, 2.05) is 11.0 Å². The minimum absolute atomic E-state index is 0.00168. The van der Waals surface area contributed by atoms with Crippen molar-refractivity contribution in [1.29, 1.82) is 5.26 Å². The van der Waals surface area contributed by atoms with Gasteiger partial charge in [-0.2, -0.15) is 10.2 Å². The molecule has 1 N–H and O–H groups in total. The molecular weight excluding hydrogens is 390 g/mol. The first kappa shape index (κ1) is 18.0. The van der Waals surface area contributed by atoms with Gasteiger partial charge in [0.05, 0.1) is 28.3 Å². The second-order valence-electron chi connectivity index (χ2n) is 7.60. The lowest BCUT2D eigenvalue weighted by Crippen LogP contribution is -2.45. The summed E-state index contributed by atoms with van der Waals surface area (Å²) in [4.78, 5) is 22.7. The van der Waals surface area contributed by atoms with Crippen molar-refractivity contribution in [3.05, 3.63) is 58.1 Å². The number of carbonyl (C=O) groups is 1. The van der Waals surface area contributed by atoms with E-state index in [1.165, 1.54) is 0 Å². The Morgan fingerprint density at radius 3 is 2.97 bits per heavy atom. The number of benzene rings is 1. The van der Waals surface area contributed by atoms with Crippen molar-refractivity contribution in [3.8, 4) is 17.6 Å². The highest BCUT2D eigenvalue weighted by Crippen LogP contribution is 2.35. The molecule has 0 spiro atoms. The van der Waals surface area contributed by atoms with E-state index < -0.39 is 0 Å². The van der Waals surface area contributed by atoms with E-state index in [-0.39, 0.29) is 17.9 Å². The van der Waals surface area contributed by atoms with E-state index in [4.69, 9.17) is 21.4 Å². The molecule has 1 aromatic carbocycles. The molecule has 5 rings (SSSR count). The maximum Gasteiger partial charge on any atom is 0.254 e. The summed E-state index contributed by atoms with van der Waals surface area (Å²) in [7, 11) is 0. The minimum Gasteiger partial charge on any atom is -0.357 e. The summed E-state index contributed by atoms with van der Waals surface area (Å²) in [5, 5.41) is 13.8. The molecule has 0 saturated carbocycles. The molecule has 0 bridgehead atoms. The molecule has 146 valence electrons. The molecule has 3 aromatic rings. The summed E-state index contributed by atoms with van der Waals surface area (Å²) >= 11 is 5.95. The third kappa shape index (κ3) is 3.19. The summed E-state index contributed by atoms with van der Waals surface area (Å²) in [5.41, 5.74) is 2.95. The highest BCUT2D eigenvalue weighted by molar-refractivity contribution is 6.30. The smallest absolute Gasteiger partial charge is 0.254 e. The number of nitriles is 1. The predicted molar refractivity (Wildman–Crippen MR) is 105 cm³/mol. The number of amides is 1. The number of H-pyrrole nitrogens is 1. The van der Waals surface area contributed by atoms with Crippen molar-refractivity contribution in [2.24, 2.45) is 0 Å². The third-order valence-electron chi connectivity index (χ3n) is 5.86. The van der Waals surface area contributed by atoms with Crippen molar-refractivity contribution >= 4 is 17.5 Å². The zero-order valence-corrected chi connectivity index (χ0v) is 16.3. The van der Waals surface area contributed by atoms with Gasteiger partial charge in [0.2, 0.25) is 11.7 Å². The number of rotatable bonds is 2. The van der Waals surface area contributed by atoms with Crippen molar-refractivity contribution < 1.29 is 9.32 Å². The number of halogens is 1. The zero-order valence-electron chi connectivity index (χ0n) is 15.6. The monoisotopic (exact) mass is 407 g/mol. The summed E-state index contributed by atoms with van der Waals surface area (Å²) < 4.78 is 5.52. The summed E-state index contributed by atoms with van der Waals surface area (Å²) in [6.07, 6.45) is 5.16. The van der Waals surface area contributed by atoms with Crippen LogP contribution in [0, 0.1) is 11.3 Å². The fourth-order valence-electron chi connectivity index (χ4n) is 4.34. The number of carbonyl (C=O) groups excluding carboxylic acids is 1. The zero-order chi connectivity index (χ0) is 20.0. The van der Waals surface area contributed by atoms with Gasteiger partial charge in [-0.05, 0) is 55.5 Å². The number of fused-ring (bicyclic) bond motifs is 2. The van der Waals surface area contributed by atoms with Crippen molar-refractivity contribution in [3.63, 3.8) is 0 Å². The van der Waals surface area contributed by atoms with Gasteiger partial charge in [0.25, 0.3) is 5.91 Å². The Labute approximate surface area is 172 Å². The Morgan fingerprint density at radius 2 is 2.17 bits per heavy atom. The van der Waals surface area contributed by atoms with E-state index in [2.05, 4.69) is 21.2 Å². The number of aromatic amines is 1. The van der Waals surface area contributed by atoms with Gasteiger partial charge in [0, 0.05) is 24.3 Å². The largest absolute Gasteiger partial charge is 0.357 e. The van der Waals surface area contributed by atoms with Gasteiger partial charge in [0.1, 0.15) is 0 Å². The SMILES string of the molecule is N#Cc1ccc2c(c1)CC[C@H]1CC[C@H](c3nc(-c4cc(Cl)c[nH]4)no3)CN1C2=O. The number of nitrogens with zero attached hydrogens (tertiary/aromatic N) is 4. The lowest BCUT2D eigenvalue weighted by Gasteiger charge is -2.37. The third-order valence-corrected chi connectivity index (χ3v) is 6.08. The second kappa shape index (κ2) is 7.05. The van der Waals surface area contributed by atoms with Crippen LogP contribution in [-0.2, 0) is 6.42 Å². The van der Waals surface area contributed by atoms with Gasteiger partial charge in [-0.1, -0.05) is 16.8 Å². The van der Waals surface area contributed by atoms with Crippen LogP contribution >= 0.6 is 11.6 Å². The van der Waals surface area contributed by atoms with Crippen molar-refractivity contribution in [2.45, 2.75) is 37.6 Å². The van der Waals surface area contributed by atoms with Crippen molar-refractivity contribution in [1.82, 2.24) is 20.0 Å². The normalized spacial score (nSPS) is 21.2. The van der Waals surface area contributed by atoms with Crippen LogP contribution in [-0.4, -0.2) is 38.5 Å². The molecule has 1 amide bonds. The topological polar surface area (TPSA) is 98.8 Å². The first-order valence-corrected chi connectivity index (χ1v) is 10.0. The number of nitrogens with one attached hydrogen (secondary N) is 1. The Bertz CT molecular complexity index is 1130. The van der Waals surface area contributed by atoms with Crippen molar-refractivity contribution in [2.75, 3.05) is 6.54 Å². The molecule has 2 aliphatic heterocycles. The van der Waals surface area contributed by atoms with E-state index in [0.29, 0.717) is 40.1 Å². The molecule has 2 atom stereocenters. The van der Waals surface area contributed by atoms with Gasteiger partial charge < -0.3 is 14.4 Å². The van der Waals surface area contributed by atoms with Gasteiger partial charge >= 0.3 is 0 Å². The van der Waals surface area contributed by atoms with Crippen LogP contribution in [0.3, 0.4) is 0 Å². The number of piperidine rings is 1. The van der Waals surface area contributed by atoms with E-state index in [1.54, 1.807) is 24.4 Å². The van der Waals surface area contributed by atoms with Crippen LogP contribution in [0.15, 0.2) is 35.0 Å². The maximum atomic E-state index is 13.2. The van der Waals surface area contributed by atoms with E-state index >= 15 is 0 Å². The first-order valence-electron chi connectivity index (χ1n) is 9.64. The van der Waals surface area contributed by atoms with Crippen LogP contribution in [0.2, 0.25) is 5.02 Å². The molecule has 7 nitrogen and oxygen atoms in total. The molecule has 0 unspecified atom stereocenters. The minimum atomic E-state index is 0.00168. The van der Waals surface area contributed by atoms with Gasteiger partial charge in [-0.25, -0.2) is 0 Å². The first-order chi connectivity index (χ1) is 14.1. The maximum absolute atomic E-state index is 13.2. The molecule has 8 heteroatoms. The molecule has 29 heavy (non-hydrogen) atoms. The summed E-state index contributed by atoms with van der Waals surface area (Å²) in [6, 6.07) is 9.44. The average molecular weight is 408 g/mol. The highest BCUT2D eigenvalue weighted by atomic mass is 35.5. The Morgan fingerprint density at radius 1 is 1.28 bits per heavy atom. The fourth-order valence-corrected chi connectivity index (χ4v) is 4.50. The van der Waals surface area contributed by atoms with Crippen LogP contribution in [0.4, 0.5) is 0 Å².